The third-order valence-electron chi connectivity index (χ3n) is 4.13. The fourth-order valence-corrected chi connectivity index (χ4v) is 3.10. The Hall–Kier alpha value is -0.0800. The highest BCUT2D eigenvalue weighted by atomic mass is 16.5. The van der Waals surface area contributed by atoms with E-state index in [1.807, 2.05) is 0 Å². The summed E-state index contributed by atoms with van der Waals surface area (Å²) in [5, 5.41) is 0. The lowest BCUT2D eigenvalue weighted by Gasteiger charge is -2.37. The minimum atomic E-state index is 0.379. The van der Waals surface area contributed by atoms with Gasteiger partial charge in [0.25, 0.3) is 0 Å². The van der Waals surface area contributed by atoms with E-state index in [1.54, 1.807) is 0 Å². The van der Waals surface area contributed by atoms with E-state index in [0.29, 0.717) is 24.0 Å². The monoisotopic (exact) mass is 241 g/mol. The molecular weight excluding hydrogens is 210 g/mol. The van der Waals surface area contributed by atoms with Crippen LogP contribution in [-0.2, 0) is 4.74 Å². The van der Waals surface area contributed by atoms with Crippen LogP contribution in [0, 0.1) is 17.8 Å². The maximum absolute atomic E-state index is 6.26. The normalized spacial score (nSPS) is 31.8. The maximum Gasteiger partial charge on any atom is 0.0621 e. The van der Waals surface area contributed by atoms with Crippen LogP contribution in [-0.4, -0.2) is 18.8 Å². The molecule has 0 spiro atoms. The molecule has 2 nitrogen and oxygen atoms in total. The molecule has 4 atom stereocenters. The second-order valence-corrected chi connectivity index (χ2v) is 6.20. The van der Waals surface area contributed by atoms with Gasteiger partial charge in [-0.25, -0.2) is 0 Å². The summed E-state index contributed by atoms with van der Waals surface area (Å²) < 4.78 is 6.26. The molecule has 0 aromatic rings. The fourth-order valence-electron chi connectivity index (χ4n) is 3.10. The van der Waals surface area contributed by atoms with Crippen LogP contribution in [0.15, 0.2) is 0 Å². The van der Waals surface area contributed by atoms with Crippen molar-refractivity contribution in [3.63, 3.8) is 0 Å². The highest BCUT2D eigenvalue weighted by Gasteiger charge is 2.30. The van der Waals surface area contributed by atoms with Crippen molar-refractivity contribution in [3.05, 3.63) is 0 Å². The van der Waals surface area contributed by atoms with E-state index in [1.165, 1.54) is 25.7 Å². The largest absolute Gasteiger partial charge is 0.375 e. The minimum absolute atomic E-state index is 0.379. The van der Waals surface area contributed by atoms with Crippen molar-refractivity contribution >= 4 is 0 Å². The van der Waals surface area contributed by atoms with Gasteiger partial charge in [-0.1, -0.05) is 27.2 Å². The van der Waals surface area contributed by atoms with Gasteiger partial charge in [-0.3, -0.25) is 0 Å². The molecule has 1 saturated carbocycles. The van der Waals surface area contributed by atoms with E-state index in [0.717, 1.165) is 18.9 Å². The lowest BCUT2D eigenvalue weighted by atomic mass is 9.78. The second kappa shape index (κ2) is 7.38. The number of hydrogen-bond donors (Lipinski definition) is 1. The summed E-state index contributed by atoms with van der Waals surface area (Å²) in [6.45, 7) is 9.81. The SMILES string of the molecule is CCC1CCC(CN)C(OC(C)CC(C)C)C1. The van der Waals surface area contributed by atoms with Gasteiger partial charge in [0, 0.05) is 0 Å². The van der Waals surface area contributed by atoms with Gasteiger partial charge in [-0.15, -0.1) is 0 Å². The molecule has 0 aromatic heterocycles. The zero-order valence-electron chi connectivity index (χ0n) is 12.1. The van der Waals surface area contributed by atoms with Gasteiger partial charge in [0.2, 0.25) is 0 Å². The number of hydrogen-bond acceptors (Lipinski definition) is 2. The summed E-state index contributed by atoms with van der Waals surface area (Å²) >= 11 is 0. The van der Waals surface area contributed by atoms with Crippen molar-refractivity contribution in [2.24, 2.45) is 23.5 Å². The Bertz CT molecular complexity index is 205. The highest BCUT2D eigenvalue weighted by Crippen LogP contribution is 2.33. The lowest BCUT2D eigenvalue weighted by Crippen LogP contribution is -2.38. The summed E-state index contributed by atoms with van der Waals surface area (Å²) in [6, 6.07) is 0. The molecule has 0 radical (unpaired) electrons. The van der Waals surface area contributed by atoms with Crippen LogP contribution >= 0.6 is 0 Å². The molecule has 2 heteroatoms. The Balaban J connectivity index is 2.45. The summed E-state index contributed by atoms with van der Waals surface area (Å²) in [7, 11) is 0. The first-order chi connectivity index (χ1) is 8.06. The van der Waals surface area contributed by atoms with Gasteiger partial charge >= 0.3 is 0 Å². The molecule has 0 amide bonds. The van der Waals surface area contributed by atoms with Crippen LogP contribution < -0.4 is 5.73 Å². The Labute approximate surface area is 107 Å². The van der Waals surface area contributed by atoms with Gasteiger partial charge < -0.3 is 10.5 Å². The topological polar surface area (TPSA) is 35.2 Å². The molecule has 0 bridgehead atoms. The minimum Gasteiger partial charge on any atom is -0.375 e. The third-order valence-corrected chi connectivity index (χ3v) is 4.13. The molecular formula is C15H31NO. The van der Waals surface area contributed by atoms with Crippen LogP contribution in [0.25, 0.3) is 0 Å². The number of rotatable bonds is 6. The highest BCUT2D eigenvalue weighted by molar-refractivity contribution is 4.81. The van der Waals surface area contributed by atoms with E-state index in [9.17, 15) is 0 Å². The van der Waals surface area contributed by atoms with Crippen LogP contribution in [0.2, 0.25) is 0 Å². The Kier molecular flexibility index (Phi) is 6.50. The average molecular weight is 241 g/mol. The molecule has 1 rings (SSSR count). The molecule has 2 N–H and O–H groups in total. The first-order valence-electron chi connectivity index (χ1n) is 7.42. The predicted octanol–water partition coefficient (Wildman–Crippen LogP) is 3.59. The van der Waals surface area contributed by atoms with Crippen LogP contribution in [0.3, 0.4) is 0 Å². The smallest absolute Gasteiger partial charge is 0.0621 e. The van der Waals surface area contributed by atoms with E-state index < -0.39 is 0 Å². The second-order valence-electron chi connectivity index (χ2n) is 6.20. The average Bonchev–Trinajstić information content (AvgIpc) is 2.27. The van der Waals surface area contributed by atoms with E-state index in [-0.39, 0.29) is 0 Å². The van der Waals surface area contributed by atoms with Gasteiger partial charge in [-0.05, 0) is 56.9 Å². The Morgan fingerprint density at radius 2 is 1.94 bits per heavy atom. The third kappa shape index (κ3) is 4.97. The maximum atomic E-state index is 6.26. The van der Waals surface area contributed by atoms with Gasteiger partial charge in [-0.2, -0.15) is 0 Å². The molecule has 17 heavy (non-hydrogen) atoms. The molecule has 1 fully saturated rings. The van der Waals surface area contributed by atoms with E-state index in [4.69, 9.17) is 10.5 Å². The Morgan fingerprint density at radius 1 is 1.24 bits per heavy atom. The quantitative estimate of drug-likeness (QED) is 0.771. The zero-order chi connectivity index (χ0) is 12.8. The molecule has 0 heterocycles. The summed E-state index contributed by atoms with van der Waals surface area (Å²) in [4.78, 5) is 0. The van der Waals surface area contributed by atoms with Gasteiger partial charge in [0.15, 0.2) is 0 Å². The molecule has 102 valence electrons. The number of ether oxygens (including phenoxy) is 1. The van der Waals surface area contributed by atoms with Crippen molar-refractivity contribution in [3.8, 4) is 0 Å². The van der Waals surface area contributed by atoms with Crippen LogP contribution in [0.5, 0.6) is 0 Å². The molecule has 1 aliphatic rings. The van der Waals surface area contributed by atoms with Gasteiger partial charge in [0.1, 0.15) is 0 Å². The van der Waals surface area contributed by atoms with Gasteiger partial charge in [0.05, 0.1) is 12.2 Å². The molecule has 4 unspecified atom stereocenters. The summed E-state index contributed by atoms with van der Waals surface area (Å²) in [5.74, 6) is 2.16. The fraction of sp³-hybridized carbons (Fsp3) is 1.00. The first-order valence-corrected chi connectivity index (χ1v) is 7.42. The molecule has 0 aromatic carbocycles. The van der Waals surface area contributed by atoms with Crippen molar-refractivity contribution in [1.82, 2.24) is 0 Å². The number of nitrogens with two attached hydrogens (primary N) is 1. The van der Waals surface area contributed by atoms with Crippen molar-refractivity contribution in [2.75, 3.05) is 6.54 Å². The molecule has 0 saturated heterocycles. The zero-order valence-corrected chi connectivity index (χ0v) is 12.1. The lowest BCUT2D eigenvalue weighted by molar-refractivity contribution is -0.0680. The van der Waals surface area contributed by atoms with Crippen LogP contribution in [0.1, 0.15) is 59.8 Å². The standard InChI is InChI=1S/C15H31NO/c1-5-13-6-7-14(10-16)15(9-13)17-12(4)8-11(2)3/h11-15H,5-10,16H2,1-4H3. The Morgan fingerprint density at radius 3 is 2.47 bits per heavy atom. The van der Waals surface area contributed by atoms with Crippen LogP contribution in [0.4, 0.5) is 0 Å². The molecule has 1 aliphatic carbocycles. The van der Waals surface area contributed by atoms with E-state index >= 15 is 0 Å². The van der Waals surface area contributed by atoms with Crippen molar-refractivity contribution in [1.29, 1.82) is 0 Å². The predicted molar refractivity (Wildman–Crippen MR) is 74.0 cm³/mol. The van der Waals surface area contributed by atoms with E-state index in [2.05, 4.69) is 27.7 Å². The summed E-state index contributed by atoms with van der Waals surface area (Å²) in [5.41, 5.74) is 5.88. The summed E-state index contributed by atoms with van der Waals surface area (Å²) in [6.07, 6.45) is 7.06. The van der Waals surface area contributed by atoms with Crippen molar-refractivity contribution in [2.45, 2.75) is 72.0 Å². The van der Waals surface area contributed by atoms with Crippen molar-refractivity contribution < 1.29 is 4.74 Å². The molecule has 0 aliphatic heterocycles. The first kappa shape index (κ1) is 15.0.